The molecule has 0 saturated carbocycles. The van der Waals surface area contributed by atoms with Gasteiger partial charge in [0.05, 0.1) is 0 Å². The third kappa shape index (κ3) is 3.49. The van der Waals surface area contributed by atoms with Gasteiger partial charge >= 0.3 is 0 Å². The zero-order valence-electron chi connectivity index (χ0n) is 4.94. The van der Waals surface area contributed by atoms with Crippen LogP contribution >= 0.6 is 0 Å². The molecule has 0 unspecified atom stereocenters. The first kappa shape index (κ1) is 6.66. The van der Waals surface area contributed by atoms with E-state index in [0.29, 0.717) is 0 Å². The highest BCUT2D eigenvalue weighted by atomic mass is 15.5. The second kappa shape index (κ2) is 3.84. The van der Waals surface area contributed by atoms with Crippen molar-refractivity contribution < 1.29 is 0 Å². The van der Waals surface area contributed by atoms with Gasteiger partial charge in [0, 0.05) is 13.6 Å². The fourth-order valence-electron chi connectivity index (χ4n) is 0.285. The minimum absolute atomic E-state index is 0.885. The van der Waals surface area contributed by atoms with Crippen molar-refractivity contribution >= 4 is 0 Å². The van der Waals surface area contributed by atoms with Gasteiger partial charge in [-0.1, -0.05) is 6.08 Å². The van der Waals surface area contributed by atoms with Crippen LogP contribution in [0, 0.1) is 0 Å². The molecule has 0 amide bonds. The van der Waals surface area contributed by atoms with E-state index in [1.165, 1.54) is 0 Å². The molecule has 2 nitrogen and oxygen atoms in total. The van der Waals surface area contributed by atoms with Crippen LogP contribution in [0.15, 0.2) is 12.7 Å². The summed E-state index contributed by atoms with van der Waals surface area (Å²) >= 11 is 0. The van der Waals surface area contributed by atoms with E-state index in [9.17, 15) is 0 Å². The average molecular weight is 100 g/mol. The van der Waals surface area contributed by atoms with Crippen LogP contribution in [0.2, 0.25) is 0 Å². The van der Waals surface area contributed by atoms with Gasteiger partial charge in [-0.05, 0) is 7.05 Å². The molecular formula is C5H12N2. The first-order valence-corrected chi connectivity index (χ1v) is 2.30. The molecule has 0 aromatic heterocycles. The van der Waals surface area contributed by atoms with Gasteiger partial charge in [-0.15, -0.1) is 6.58 Å². The summed E-state index contributed by atoms with van der Waals surface area (Å²) in [6.07, 6.45) is 1.84. The van der Waals surface area contributed by atoms with Crippen LogP contribution in [0.1, 0.15) is 0 Å². The quantitative estimate of drug-likeness (QED) is 0.403. The maximum Gasteiger partial charge on any atom is 0.0305 e. The Balaban J connectivity index is 2.98. The monoisotopic (exact) mass is 100 g/mol. The first-order chi connectivity index (χ1) is 3.31. The topological polar surface area (TPSA) is 15.3 Å². The van der Waals surface area contributed by atoms with E-state index in [2.05, 4.69) is 12.0 Å². The number of likely N-dealkylation sites (N-methyl/N-ethyl adjacent to an activating group) is 1. The van der Waals surface area contributed by atoms with Crippen molar-refractivity contribution in [2.75, 3.05) is 20.6 Å². The van der Waals surface area contributed by atoms with Gasteiger partial charge < -0.3 is 0 Å². The fourth-order valence-corrected chi connectivity index (χ4v) is 0.285. The number of hydrogen-bond donors (Lipinski definition) is 1. The molecular weight excluding hydrogens is 88.1 g/mol. The van der Waals surface area contributed by atoms with Gasteiger partial charge in [0.25, 0.3) is 0 Å². The predicted octanol–water partition coefficient (Wildman–Crippen LogP) is 0.239. The van der Waals surface area contributed by atoms with Gasteiger partial charge in [0.1, 0.15) is 0 Å². The SMILES string of the molecule is C=CCN(C)NC. The Kier molecular flexibility index (Phi) is 3.65. The van der Waals surface area contributed by atoms with Crippen molar-refractivity contribution in [3.05, 3.63) is 12.7 Å². The summed E-state index contributed by atoms with van der Waals surface area (Å²) in [5.41, 5.74) is 2.93. The fraction of sp³-hybridized carbons (Fsp3) is 0.600. The average Bonchev–Trinajstić information content (AvgIpc) is 1.68. The van der Waals surface area contributed by atoms with Crippen LogP contribution < -0.4 is 5.43 Å². The largest absolute Gasteiger partial charge is 0.258 e. The van der Waals surface area contributed by atoms with E-state index in [0.717, 1.165) is 6.54 Å². The Morgan fingerprint density at radius 3 is 2.57 bits per heavy atom. The first-order valence-electron chi connectivity index (χ1n) is 2.30. The summed E-state index contributed by atoms with van der Waals surface area (Å²) < 4.78 is 0. The molecule has 7 heavy (non-hydrogen) atoms. The standard InChI is InChI=1S/C5H12N2/c1-4-5-7(3)6-2/h4,6H,1,5H2,2-3H3. The molecule has 0 bridgehead atoms. The summed E-state index contributed by atoms with van der Waals surface area (Å²) in [4.78, 5) is 0. The third-order valence-electron chi connectivity index (χ3n) is 0.785. The summed E-state index contributed by atoms with van der Waals surface area (Å²) in [6, 6.07) is 0. The molecule has 0 atom stereocenters. The van der Waals surface area contributed by atoms with Crippen molar-refractivity contribution in [3.8, 4) is 0 Å². The summed E-state index contributed by atoms with van der Waals surface area (Å²) in [6.45, 7) is 4.45. The highest BCUT2D eigenvalue weighted by Crippen LogP contribution is 1.69. The number of hydrazine groups is 1. The highest BCUT2D eigenvalue weighted by Gasteiger charge is 1.82. The Morgan fingerprint density at radius 1 is 1.86 bits per heavy atom. The van der Waals surface area contributed by atoms with Crippen LogP contribution in [0.5, 0.6) is 0 Å². The third-order valence-corrected chi connectivity index (χ3v) is 0.785. The Labute approximate surface area is 44.8 Å². The second-order valence-electron chi connectivity index (χ2n) is 1.39. The molecule has 42 valence electrons. The minimum Gasteiger partial charge on any atom is -0.258 e. The van der Waals surface area contributed by atoms with Gasteiger partial charge in [-0.3, -0.25) is 5.43 Å². The predicted molar refractivity (Wildman–Crippen MR) is 31.9 cm³/mol. The molecule has 0 aromatic rings. The summed E-state index contributed by atoms with van der Waals surface area (Å²) in [7, 11) is 3.84. The molecule has 0 aliphatic carbocycles. The van der Waals surface area contributed by atoms with Crippen LogP contribution in [0.25, 0.3) is 0 Å². The van der Waals surface area contributed by atoms with Crippen LogP contribution in [-0.4, -0.2) is 25.6 Å². The molecule has 0 aliphatic rings. The molecule has 0 spiro atoms. The van der Waals surface area contributed by atoms with Crippen molar-refractivity contribution in [1.29, 1.82) is 0 Å². The number of rotatable bonds is 3. The zero-order valence-corrected chi connectivity index (χ0v) is 4.94. The van der Waals surface area contributed by atoms with Crippen LogP contribution in [0.3, 0.4) is 0 Å². The smallest absolute Gasteiger partial charge is 0.0305 e. The summed E-state index contributed by atoms with van der Waals surface area (Å²) in [5.74, 6) is 0. The molecule has 0 rings (SSSR count). The van der Waals surface area contributed by atoms with Crippen molar-refractivity contribution in [2.45, 2.75) is 0 Å². The molecule has 0 fully saturated rings. The minimum atomic E-state index is 0.885. The lowest BCUT2D eigenvalue weighted by Gasteiger charge is -2.10. The second-order valence-corrected chi connectivity index (χ2v) is 1.39. The van der Waals surface area contributed by atoms with Crippen LogP contribution in [-0.2, 0) is 0 Å². The Morgan fingerprint density at radius 2 is 2.43 bits per heavy atom. The molecule has 0 saturated heterocycles. The maximum absolute atomic E-state index is 3.57. The van der Waals surface area contributed by atoms with Gasteiger partial charge in [-0.25, -0.2) is 5.01 Å². The lowest BCUT2D eigenvalue weighted by Crippen LogP contribution is -2.30. The molecule has 0 aromatic carbocycles. The van der Waals surface area contributed by atoms with Gasteiger partial charge in [0.15, 0.2) is 0 Å². The molecule has 0 radical (unpaired) electrons. The number of nitrogens with zero attached hydrogens (tertiary/aromatic N) is 1. The Hall–Kier alpha value is -0.340. The van der Waals surface area contributed by atoms with Gasteiger partial charge in [0.2, 0.25) is 0 Å². The summed E-state index contributed by atoms with van der Waals surface area (Å²) in [5, 5.41) is 1.94. The van der Waals surface area contributed by atoms with E-state index in [1.54, 1.807) is 0 Å². The van der Waals surface area contributed by atoms with E-state index < -0.39 is 0 Å². The van der Waals surface area contributed by atoms with E-state index in [-0.39, 0.29) is 0 Å². The van der Waals surface area contributed by atoms with Crippen molar-refractivity contribution in [1.82, 2.24) is 10.4 Å². The van der Waals surface area contributed by atoms with Crippen LogP contribution in [0.4, 0.5) is 0 Å². The molecule has 1 N–H and O–H groups in total. The number of nitrogens with one attached hydrogen (secondary N) is 1. The molecule has 0 aliphatic heterocycles. The van der Waals surface area contributed by atoms with E-state index >= 15 is 0 Å². The molecule has 2 heteroatoms. The van der Waals surface area contributed by atoms with Crippen molar-refractivity contribution in [2.24, 2.45) is 0 Å². The molecule has 0 heterocycles. The van der Waals surface area contributed by atoms with E-state index in [4.69, 9.17) is 0 Å². The highest BCUT2D eigenvalue weighted by molar-refractivity contribution is 4.68. The zero-order chi connectivity index (χ0) is 5.70. The van der Waals surface area contributed by atoms with E-state index in [1.807, 2.05) is 25.2 Å². The van der Waals surface area contributed by atoms with Crippen molar-refractivity contribution in [3.63, 3.8) is 0 Å². The number of hydrogen-bond acceptors (Lipinski definition) is 2. The van der Waals surface area contributed by atoms with Gasteiger partial charge in [-0.2, -0.15) is 0 Å². The normalized spacial score (nSPS) is 9.57. The lowest BCUT2D eigenvalue weighted by molar-refractivity contribution is 0.290. The maximum atomic E-state index is 3.57. The lowest BCUT2D eigenvalue weighted by atomic mass is 10.6. The Bertz CT molecular complexity index is 52.0.